The Labute approximate surface area is 129 Å². The van der Waals surface area contributed by atoms with Crippen molar-refractivity contribution in [1.82, 2.24) is 0 Å². The number of carbonyl (C=O) groups is 1. The molecule has 3 nitrogen and oxygen atoms in total. The highest BCUT2D eigenvalue weighted by Crippen LogP contribution is 2.39. The van der Waals surface area contributed by atoms with E-state index in [0.717, 1.165) is 36.9 Å². The summed E-state index contributed by atoms with van der Waals surface area (Å²) in [7, 11) is 3.23. The van der Waals surface area contributed by atoms with Crippen LogP contribution in [0.25, 0.3) is 0 Å². The van der Waals surface area contributed by atoms with Crippen molar-refractivity contribution < 1.29 is 9.00 Å². The number of benzene rings is 1. The van der Waals surface area contributed by atoms with E-state index in [0.29, 0.717) is 0 Å². The molecule has 4 heteroatoms. The van der Waals surface area contributed by atoms with Crippen LogP contribution >= 0.6 is 0 Å². The van der Waals surface area contributed by atoms with Gasteiger partial charge in [-0.3, -0.25) is 9.00 Å². The molecular formula is C17H23NO2S. The number of fused-ring (bicyclic) bond motifs is 2. The average molecular weight is 305 g/mol. The number of anilines is 1. The lowest BCUT2D eigenvalue weighted by atomic mass is 9.84. The van der Waals surface area contributed by atoms with Gasteiger partial charge in [-0.05, 0) is 37.8 Å². The minimum Gasteiger partial charge on any atom is -0.377 e. The van der Waals surface area contributed by atoms with Crippen molar-refractivity contribution in [2.24, 2.45) is 5.92 Å². The van der Waals surface area contributed by atoms with E-state index in [1.165, 1.54) is 6.42 Å². The molecule has 0 saturated carbocycles. The van der Waals surface area contributed by atoms with Gasteiger partial charge in [0.25, 0.3) is 0 Å². The largest absolute Gasteiger partial charge is 0.377 e. The highest BCUT2D eigenvalue weighted by molar-refractivity contribution is 7.86. The molecule has 114 valence electrons. The first-order valence-corrected chi connectivity index (χ1v) is 9.05. The SMILES string of the molecule is CN(C)c1ccccc1C(=O)C1CC2CCCC(C1)S2=O. The summed E-state index contributed by atoms with van der Waals surface area (Å²) in [5.74, 6) is 0.298. The van der Waals surface area contributed by atoms with Crippen molar-refractivity contribution in [3.05, 3.63) is 29.8 Å². The van der Waals surface area contributed by atoms with Gasteiger partial charge in [-0.25, -0.2) is 0 Å². The van der Waals surface area contributed by atoms with Crippen LogP contribution in [-0.4, -0.2) is 34.6 Å². The summed E-state index contributed by atoms with van der Waals surface area (Å²) in [5, 5.41) is 0.496. The van der Waals surface area contributed by atoms with Crippen LogP contribution in [0.5, 0.6) is 0 Å². The first kappa shape index (κ1) is 14.8. The normalized spacial score (nSPS) is 31.7. The Bertz CT molecular complexity index is 554. The second kappa shape index (κ2) is 5.91. The van der Waals surface area contributed by atoms with Gasteiger partial charge < -0.3 is 4.90 Å². The fraction of sp³-hybridized carbons (Fsp3) is 0.588. The third-order valence-corrected chi connectivity index (χ3v) is 7.00. The third-order valence-electron chi connectivity index (χ3n) is 4.83. The number of hydrogen-bond acceptors (Lipinski definition) is 3. The van der Waals surface area contributed by atoms with E-state index in [1.54, 1.807) is 0 Å². The summed E-state index contributed by atoms with van der Waals surface area (Å²) in [6, 6.07) is 7.83. The summed E-state index contributed by atoms with van der Waals surface area (Å²) in [4.78, 5) is 14.9. The molecule has 0 radical (unpaired) electrons. The summed E-state index contributed by atoms with van der Waals surface area (Å²) >= 11 is 0. The monoisotopic (exact) mass is 305 g/mol. The minimum absolute atomic E-state index is 0.0547. The molecule has 0 amide bonds. The van der Waals surface area contributed by atoms with Gasteiger partial charge in [-0.2, -0.15) is 0 Å². The zero-order valence-electron chi connectivity index (χ0n) is 12.7. The van der Waals surface area contributed by atoms with Gasteiger partial charge in [0.05, 0.1) is 0 Å². The number of hydrogen-bond donors (Lipinski definition) is 0. The van der Waals surface area contributed by atoms with Crippen molar-refractivity contribution in [3.8, 4) is 0 Å². The van der Waals surface area contributed by atoms with Gasteiger partial charge in [0.2, 0.25) is 0 Å². The van der Waals surface area contributed by atoms with Gasteiger partial charge in [-0.15, -0.1) is 0 Å². The highest BCUT2D eigenvalue weighted by Gasteiger charge is 2.40. The predicted octanol–water partition coefficient (Wildman–Crippen LogP) is 3.02. The van der Waals surface area contributed by atoms with Crippen molar-refractivity contribution in [2.75, 3.05) is 19.0 Å². The van der Waals surface area contributed by atoms with Gasteiger partial charge in [0.15, 0.2) is 5.78 Å². The molecule has 2 aliphatic rings. The van der Waals surface area contributed by atoms with E-state index < -0.39 is 10.8 Å². The standard InChI is InChI=1S/C17H23NO2S/c1-18(2)16-9-4-3-8-15(16)17(19)12-10-13-6-5-7-14(11-12)21(13)20/h3-4,8-9,12-14H,5-7,10-11H2,1-2H3. The molecule has 2 bridgehead atoms. The lowest BCUT2D eigenvalue weighted by Crippen LogP contribution is -2.41. The molecule has 2 saturated heterocycles. The molecule has 0 spiro atoms. The van der Waals surface area contributed by atoms with Crippen molar-refractivity contribution >= 4 is 22.3 Å². The van der Waals surface area contributed by atoms with Crippen LogP contribution < -0.4 is 4.90 Å². The predicted molar refractivity (Wildman–Crippen MR) is 87.4 cm³/mol. The third kappa shape index (κ3) is 2.78. The van der Waals surface area contributed by atoms with E-state index >= 15 is 0 Å². The number of para-hydroxylation sites is 1. The average Bonchev–Trinajstić information content (AvgIpc) is 2.46. The maximum atomic E-state index is 12.9. The molecule has 2 unspecified atom stereocenters. The molecular weight excluding hydrogens is 282 g/mol. The molecule has 21 heavy (non-hydrogen) atoms. The summed E-state index contributed by atoms with van der Waals surface area (Å²) in [5.41, 5.74) is 1.80. The number of carbonyl (C=O) groups excluding carboxylic acids is 1. The van der Waals surface area contributed by atoms with Gasteiger partial charge in [-0.1, -0.05) is 18.6 Å². The fourth-order valence-corrected chi connectivity index (χ4v) is 5.93. The van der Waals surface area contributed by atoms with Crippen LogP contribution in [0.1, 0.15) is 42.5 Å². The Morgan fingerprint density at radius 1 is 1.14 bits per heavy atom. The smallest absolute Gasteiger partial charge is 0.168 e. The maximum Gasteiger partial charge on any atom is 0.168 e. The number of ketones is 1. The van der Waals surface area contributed by atoms with Gasteiger partial charge in [0, 0.05) is 52.6 Å². The first-order chi connectivity index (χ1) is 10.1. The van der Waals surface area contributed by atoms with Gasteiger partial charge >= 0.3 is 0 Å². The molecule has 3 rings (SSSR count). The van der Waals surface area contributed by atoms with Crippen LogP contribution in [0.3, 0.4) is 0 Å². The number of nitrogens with zero attached hydrogens (tertiary/aromatic N) is 1. The lowest BCUT2D eigenvalue weighted by Gasteiger charge is -2.37. The summed E-state index contributed by atoms with van der Waals surface area (Å²) < 4.78 is 12.3. The van der Waals surface area contributed by atoms with Crippen LogP contribution in [0.4, 0.5) is 5.69 Å². The minimum atomic E-state index is -0.706. The molecule has 1 aromatic carbocycles. The summed E-state index contributed by atoms with van der Waals surface area (Å²) in [6.07, 6.45) is 4.86. The summed E-state index contributed by atoms with van der Waals surface area (Å²) in [6.45, 7) is 0. The Morgan fingerprint density at radius 2 is 1.76 bits per heavy atom. The topological polar surface area (TPSA) is 37.4 Å². The van der Waals surface area contributed by atoms with E-state index in [-0.39, 0.29) is 22.2 Å². The molecule has 0 N–H and O–H groups in total. The zero-order chi connectivity index (χ0) is 15.0. The second-order valence-corrected chi connectivity index (χ2v) is 8.44. The van der Waals surface area contributed by atoms with Crippen LogP contribution in [0.15, 0.2) is 24.3 Å². The molecule has 2 fully saturated rings. The molecule has 1 aromatic rings. The first-order valence-electron chi connectivity index (χ1n) is 7.78. The number of Topliss-reactive ketones (excluding diaryl/α,β-unsaturated/α-hetero) is 1. The van der Waals surface area contributed by atoms with Gasteiger partial charge in [0.1, 0.15) is 0 Å². The maximum absolute atomic E-state index is 12.9. The highest BCUT2D eigenvalue weighted by atomic mass is 32.2. The molecule has 0 aromatic heterocycles. The van der Waals surface area contributed by atoms with Crippen molar-refractivity contribution in [3.63, 3.8) is 0 Å². The van der Waals surface area contributed by atoms with E-state index in [1.807, 2.05) is 43.3 Å². The van der Waals surface area contributed by atoms with E-state index in [4.69, 9.17) is 0 Å². The Kier molecular flexibility index (Phi) is 4.16. The van der Waals surface area contributed by atoms with Crippen molar-refractivity contribution in [2.45, 2.75) is 42.6 Å². The van der Waals surface area contributed by atoms with E-state index in [9.17, 15) is 9.00 Å². The molecule has 0 aliphatic carbocycles. The Balaban J connectivity index is 1.85. The quantitative estimate of drug-likeness (QED) is 0.806. The van der Waals surface area contributed by atoms with Crippen LogP contribution in [0.2, 0.25) is 0 Å². The second-order valence-electron chi connectivity index (χ2n) is 6.45. The molecule has 2 atom stereocenters. The lowest BCUT2D eigenvalue weighted by molar-refractivity contribution is 0.0896. The molecule has 2 aliphatic heterocycles. The van der Waals surface area contributed by atoms with Crippen LogP contribution in [0, 0.1) is 5.92 Å². The number of rotatable bonds is 3. The fourth-order valence-electron chi connectivity index (χ4n) is 3.74. The Morgan fingerprint density at radius 3 is 2.38 bits per heavy atom. The van der Waals surface area contributed by atoms with Crippen LogP contribution in [-0.2, 0) is 10.8 Å². The molecule has 2 heterocycles. The van der Waals surface area contributed by atoms with Crippen molar-refractivity contribution in [1.29, 1.82) is 0 Å². The zero-order valence-corrected chi connectivity index (χ0v) is 13.6. The Hall–Kier alpha value is -1.16. The van der Waals surface area contributed by atoms with E-state index in [2.05, 4.69) is 0 Å².